The van der Waals surface area contributed by atoms with Gasteiger partial charge in [0.15, 0.2) is 11.5 Å². The number of aromatic nitrogens is 1. The molecule has 1 aliphatic heterocycles. The highest BCUT2D eigenvalue weighted by Gasteiger charge is 2.26. The van der Waals surface area contributed by atoms with Gasteiger partial charge in [-0.1, -0.05) is 24.3 Å². The van der Waals surface area contributed by atoms with Gasteiger partial charge in [-0.05, 0) is 43.3 Å². The predicted molar refractivity (Wildman–Crippen MR) is 86.6 cm³/mol. The summed E-state index contributed by atoms with van der Waals surface area (Å²) in [5.41, 5.74) is 3.01. The van der Waals surface area contributed by atoms with Gasteiger partial charge in [0.1, 0.15) is 5.69 Å². The fourth-order valence-electron chi connectivity index (χ4n) is 2.70. The third-order valence-electron chi connectivity index (χ3n) is 3.71. The van der Waals surface area contributed by atoms with Crippen molar-refractivity contribution in [3.8, 4) is 11.5 Å². The number of aryl methyl sites for hydroxylation is 1. The van der Waals surface area contributed by atoms with E-state index in [9.17, 15) is 4.79 Å². The lowest BCUT2D eigenvalue weighted by Gasteiger charge is -2.32. The van der Waals surface area contributed by atoms with Crippen LogP contribution in [-0.4, -0.2) is 4.98 Å². The second kappa shape index (κ2) is 4.77. The molecule has 0 saturated heterocycles. The number of hydrogen-bond donors (Lipinski definition) is 1. The van der Waals surface area contributed by atoms with Gasteiger partial charge >= 0.3 is 0 Å². The van der Waals surface area contributed by atoms with Gasteiger partial charge < -0.3 is 9.72 Å². The van der Waals surface area contributed by atoms with E-state index in [1.54, 1.807) is 0 Å². The molecule has 2 heterocycles. The molecule has 108 valence electrons. The average Bonchev–Trinajstić information content (AvgIpc) is 2.53. The molecule has 0 amide bonds. The minimum Gasteiger partial charge on any atom is -0.453 e. The van der Waals surface area contributed by atoms with Crippen molar-refractivity contribution >= 4 is 17.1 Å². The lowest BCUT2D eigenvalue weighted by molar-refractivity contribution is 0.477. The number of anilines is 3. The molecular formula is C18H14N2O2. The van der Waals surface area contributed by atoms with E-state index in [0.717, 1.165) is 28.6 Å². The summed E-state index contributed by atoms with van der Waals surface area (Å²) in [6.07, 6.45) is 0. The summed E-state index contributed by atoms with van der Waals surface area (Å²) in [5.74, 6) is 1.47. The van der Waals surface area contributed by atoms with Crippen LogP contribution in [0, 0.1) is 6.92 Å². The Bertz CT molecular complexity index is 869. The van der Waals surface area contributed by atoms with Crippen LogP contribution in [-0.2, 0) is 0 Å². The Kier molecular flexibility index (Phi) is 2.76. The van der Waals surface area contributed by atoms with Crippen molar-refractivity contribution < 1.29 is 4.74 Å². The normalized spacial score (nSPS) is 12.3. The van der Waals surface area contributed by atoms with Gasteiger partial charge in [-0.15, -0.1) is 0 Å². The first-order valence-corrected chi connectivity index (χ1v) is 7.10. The predicted octanol–water partition coefficient (Wildman–Crippen LogP) is 4.26. The fourth-order valence-corrected chi connectivity index (χ4v) is 2.70. The van der Waals surface area contributed by atoms with Gasteiger partial charge in [0.05, 0.1) is 11.4 Å². The van der Waals surface area contributed by atoms with Crippen molar-refractivity contribution in [2.75, 3.05) is 4.90 Å². The Labute approximate surface area is 127 Å². The second-order valence-electron chi connectivity index (χ2n) is 5.23. The molecule has 22 heavy (non-hydrogen) atoms. The minimum atomic E-state index is -0.119. The zero-order valence-electron chi connectivity index (χ0n) is 12.0. The molecule has 0 atom stereocenters. The maximum absolute atomic E-state index is 12.4. The molecule has 1 N–H and O–H groups in total. The van der Waals surface area contributed by atoms with Crippen molar-refractivity contribution in [2.24, 2.45) is 0 Å². The maximum Gasteiger partial charge on any atom is 0.272 e. The molecule has 4 rings (SSSR count). The van der Waals surface area contributed by atoms with Crippen LogP contribution in [0.1, 0.15) is 5.69 Å². The van der Waals surface area contributed by atoms with E-state index >= 15 is 0 Å². The summed E-state index contributed by atoms with van der Waals surface area (Å²) in [6, 6.07) is 19.2. The van der Waals surface area contributed by atoms with Crippen LogP contribution >= 0.6 is 0 Å². The van der Waals surface area contributed by atoms with Crippen LogP contribution in [0.3, 0.4) is 0 Å². The largest absolute Gasteiger partial charge is 0.453 e. The van der Waals surface area contributed by atoms with Gasteiger partial charge in [0.25, 0.3) is 5.56 Å². The molecule has 0 unspecified atom stereocenters. The molecular weight excluding hydrogens is 276 g/mol. The first kappa shape index (κ1) is 12.7. The fraction of sp³-hybridized carbons (Fsp3) is 0.0556. The summed E-state index contributed by atoms with van der Waals surface area (Å²) in [7, 11) is 0. The SMILES string of the molecule is Cc1ccc(N2c3ccccc3Oc3ccccc32)c(=O)[nH]1. The molecule has 2 aromatic carbocycles. The van der Waals surface area contributed by atoms with Crippen LogP contribution in [0.2, 0.25) is 0 Å². The van der Waals surface area contributed by atoms with E-state index in [1.165, 1.54) is 0 Å². The summed E-state index contributed by atoms with van der Waals surface area (Å²) in [4.78, 5) is 17.2. The van der Waals surface area contributed by atoms with Crippen LogP contribution < -0.4 is 15.2 Å². The van der Waals surface area contributed by atoms with Crippen molar-refractivity contribution in [2.45, 2.75) is 6.92 Å². The standard InChI is InChI=1S/C18H14N2O2/c1-12-10-11-15(18(21)19-12)20-13-6-2-4-8-16(13)22-17-9-5-3-7-14(17)20/h2-11H,1H3,(H,19,21). The molecule has 1 aliphatic rings. The molecule has 0 radical (unpaired) electrons. The van der Waals surface area contributed by atoms with Crippen LogP contribution in [0.25, 0.3) is 0 Å². The number of benzene rings is 2. The zero-order chi connectivity index (χ0) is 15.1. The van der Waals surface area contributed by atoms with Gasteiger partial charge in [0.2, 0.25) is 0 Å². The highest BCUT2D eigenvalue weighted by Crippen LogP contribution is 2.49. The van der Waals surface area contributed by atoms with E-state index in [0.29, 0.717) is 5.69 Å². The summed E-state index contributed by atoms with van der Waals surface area (Å²) in [5, 5.41) is 0. The van der Waals surface area contributed by atoms with Gasteiger partial charge in [0, 0.05) is 5.69 Å². The number of rotatable bonds is 1. The Morgan fingerprint density at radius 1 is 0.818 bits per heavy atom. The van der Waals surface area contributed by atoms with Crippen LogP contribution in [0.4, 0.5) is 17.1 Å². The molecule has 0 spiro atoms. The topological polar surface area (TPSA) is 45.3 Å². The van der Waals surface area contributed by atoms with Crippen molar-refractivity contribution in [1.29, 1.82) is 0 Å². The lowest BCUT2D eigenvalue weighted by atomic mass is 10.1. The number of aromatic amines is 1. The van der Waals surface area contributed by atoms with Gasteiger partial charge in [-0.2, -0.15) is 0 Å². The van der Waals surface area contributed by atoms with Crippen LogP contribution in [0.5, 0.6) is 11.5 Å². The third kappa shape index (κ3) is 1.89. The number of hydrogen-bond acceptors (Lipinski definition) is 3. The molecule has 1 aromatic heterocycles. The quantitative estimate of drug-likeness (QED) is 0.569. The highest BCUT2D eigenvalue weighted by atomic mass is 16.5. The Morgan fingerprint density at radius 3 is 2.00 bits per heavy atom. The summed E-state index contributed by atoms with van der Waals surface area (Å²) < 4.78 is 5.94. The lowest BCUT2D eigenvalue weighted by Crippen LogP contribution is -2.23. The Hall–Kier alpha value is -3.01. The number of pyridine rings is 1. The van der Waals surface area contributed by atoms with E-state index < -0.39 is 0 Å². The van der Waals surface area contributed by atoms with Gasteiger partial charge in [-0.25, -0.2) is 0 Å². The molecule has 0 bridgehead atoms. The third-order valence-corrected chi connectivity index (χ3v) is 3.71. The highest BCUT2D eigenvalue weighted by molar-refractivity contribution is 5.85. The first-order chi connectivity index (χ1) is 10.7. The molecule has 4 nitrogen and oxygen atoms in total. The molecule has 0 saturated carbocycles. The summed E-state index contributed by atoms with van der Waals surface area (Å²) >= 11 is 0. The number of H-pyrrole nitrogens is 1. The second-order valence-corrected chi connectivity index (χ2v) is 5.23. The van der Waals surface area contributed by atoms with E-state index in [1.807, 2.05) is 72.5 Å². The monoisotopic (exact) mass is 290 g/mol. The van der Waals surface area contributed by atoms with Crippen molar-refractivity contribution in [3.63, 3.8) is 0 Å². The van der Waals surface area contributed by atoms with E-state index in [4.69, 9.17) is 4.74 Å². The molecule has 3 aromatic rings. The van der Waals surface area contributed by atoms with E-state index in [-0.39, 0.29) is 5.56 Å². The molecule has 0 fully saturated rings. The van der Waals surface area contributed by atoms with Crippen molar-refractivity contribution in [3.05, 3.63) is 76.7 Å². The Balaban J connectivity index is 2.00. The maximum atomic E-state index is 12.4. The number of fused-ring (bicyclic) bond motifs is 2. The zero-order valence-corrected chi connectivity index (χ0v) is 12.0. The minimum absolute atomic E-state index is 0.119. The smallest absolute Gasteiger partial charge is 0.272 e. The van der Waals surface area contributed by atoms with Crippen LogP contribution in [0.15, 0.2) is 65.5 Å². The van der Waals surface area contributed by atoms with Gasteiger partial charge in [-0.3, -0.25) is 9.69 Å². The van der Waals surface area contributed by atoms with Crippen molar-refractivity contribution in [1.82, 2.24) is 4.98 Å². The number of para-hydroxylation sites is 4. The average molecular weight is 290 g/mol. The molecule has 4 heteroatoms. The Morgan fingerprint density at radius 2 is 1.41 bits per heavy atom. The van der Waals surface area contributed by atoms with E-state index in [2.05, 4.69) is 4.98 Å². The number of nitrogens with one attached hydrogen (secondary N) is 1. The number of ether oxygens (including phenoxy) is 1. The molecule has 0 aliphatic carbocycles. The first-order valence-electron chi connectivity index (χ1n) is 7.10. The number of nitrogens with zero attached hydrogens (tertiary/aromatic N) is 1. The summed E-state index contributed by atoms with van der Waals surface area (Å²) in [6.45, 7) is 1.87.